The van der Waals surface area contributed by atoms with Crippen molar-refractivity contribution < 1.29 is 0 Å². The molecule has 92 valence electrons. The maximum absolute atomic E-state index is 4.49. The van der Waals surface area contributed by atoms with Crippen LogP contribution in [0.2, 0.25) is 0 Å². The van der Waals surface area contributed by atoms with Crippen LogP contribution in [0.1, 0.15) is 39.1 Å². The lowest BCUT2D eigenvalue weighted by Gasteiger charge is -2.21. The molecule has 1 atom stereocenters. The number of aryl methyl sites for hydroxylation is 2. The van der Waals surface area contributed by atoms with E-state index in [-0.39, 0.29) is 0 Å². The molecule has 0 fully saturated rings. The minimum Gasteiger partial charge on any atom is -0.314 e. The molecule has 1 aromatic rings. The number of aromatic nitrogens is 2. The van der Waals surface area contributed by atoms with Crippen LogP contribution in [0, 0.1) is 12.8 Å². The van der Waals surface area contributed by atoms with Crippen molar-refractivity contribution in [1.82, 2.24) is 15.1 Å². The molecular formula is C13H25N3. The predicted octanol–water partition coefficient (Wildman–Crippen LogP) is 2.39. The second-order valence-electron chi connectivity index (χ2n) is 4.71. The molecule has 0 aliphatic carbocycles. The zero-order chi connectivity index (χ0) is 12.1. The molecular weight excluding hydrogens is 198 g/mol. The van der Waals surface area contributed by atoms with Gasteiger partial charge in [-0.3, -0.25) is 4.68 Å². The number of nitrogens with zero attached hydrogens (tertiary/aromatic N) is 2. The highest BCUT2D eigenvalue weighted by Gasteiger charge is 2.15. The van der Waals surface area contributed by atoms with E-state index in [1.54, 1.807) is 0 Å². The van der Waals surface area contributed by atoms with Crippen LogP contribution in [-0.4, -0.2) is 22.4 Å². The van der Waals surface area contributed by atoms with E-state index in [0.717, 1.165) is 25.2 Å². The van der Waals surface area contributed by atoms with Crippen LogP contribution >= 0.6 is 0 Å². The molecule has 0 bridgehead atoms. The Bertz CT molecular complexity index is 315. The summed E-state index contributed by atoms with van der Waals surface area (Å²) in [6.45, 7) is 12.9. The van der Waals surface area contributed by atoms with Crippen LogP contribution in [0.25, 0.3) is 0 Å². The molecule has 1 N–H and O–H groups in total. The number of nitrogens with one attached hydrogen (secondary N) is 1. The third-order valence-corrected chi connectivity index (χ3v) is 2.99. The van der Waals surface area contributed by atoms with Gasteiger partial charge in [0, 0.05) is 24.7 Å². The normalized spacial score (nSPS) is 13.4. The quantitative estimate of drug-likeness (QED) is 0.802. The van der Waals surface area contributed by atoms with Crippen molar-refractivity contribution in [3.8, 4) is 0 Å². The second-order valence-corrected chi connectivity index (χ2v) is 4.71. The van der Waals surface area contributed by atoms with Crippen LogP contribution in [0.5, 0.6) is 0 Å². The molecule has 1 rings (SSSR count). The van der Waals surface area contributed by atoms with Crippen molar-refractivity contribution in [2.45, 2.75) is 53.6 Å². The average Bonchev–Trinajstić information content (AvgIpc) is 2.58. The van der Waals surface area contributed by atoms with E-state index < -0.39 is 0 Å². The first kappa shape index (κ1) is 13.2. The monoisotopic (exact) mass is 223 g/mol. The molecule has 16 heavy (non-hydrogen) atoms. The minimum atomic E-state index is 0.548. The summed E-state index contributed by atoms with van der Waals surface area (Å²) >= 11 is 0. The Morgan fingerprint density at radius 1 is 1.38 bits per heavy atom. The van der Waals surface area contributed by atoms with E-state index >= 15 is 0 Å². The Morgan fingerprint density at radius 2 is 2.06 bits per heavy atom. The molecule has 0 aliphatic rings. The van der Waals surface area contributed by atoms with E-state index in [4.69, 9.17) is 0 Å². The average molecular weight is 223 g/mol. The third-order valence-electron chi connectivity index (χ3n) is 2.99. The molecule has 0 spiro atoms. The van der Waals surface area contributed by atoms with Crippen molar-refractivity contribution in [3.63, 3.8) is 0 Å². The number of hydrogen-bond acceptors (Lipinski definition) is 2. The summed E-state index contributed by atoms with van der Waals surface area (Å²) in [4.78, 5) is 0. The Kier molecular flexibility index (Phi) is 5.00. The van der Waals surface area contributed by atoms with Gasteiger partial charge in [-0.1, -0.05) is 20.8 Å². The molecule has 0 radical (unpaired) electrons. The lowest BCUT2D eigenvalue weighted by atomic mass is 9.99. The van der Waals surface area contributed by atoms with Crippen LogP contribution in [0.15, 0.2) is 6.07 Å². The molecule has 0 saturated heterocycles. The van der Waals surface area contributed by atoms with Crippen molar-refractivity contribution in [3.05, 3.63) is 17.5 Å². The van der Waals surface area contributed by atoms with E-state index in [9.17, 15) is 0 Å². The fourth-order valence-electron chi connectivity index (χ4n) is 2.07. The van der Waals surface area contributed by atoms with E-state index in [1.807, 2.05) is 0 Å². The topological polar surface area (TPSA) is 29.9 Å². The standard InChI is InChI=1S/C13H25N3/c1-6-14-13(10(3)4)9-12-8-11(5)15-16(12)7-2/h8,10,13-14H,6-7,9H2,1-5H3. The second kappa shape index (κ2) is 6.04. The molecule has 1 aromatic heterocycles. The fraction of sp³-hybridized carbons (Fsp3) is 0.769. The van der Waals surface area contributed by atoms with Gasteiger partial charge in [-0.05, 0) is 32.4 Å². The Morgan fingerprint density at radius 3 is 2.56 bits per heavy atom. The highest BCUT2D eigenvalue weighted by molar-refractivity contribution is 5.10. The molecule has 1 unspecified atom stereocenters. The van der Waals surface area contributed by atoms with Gasteiger partial charge in [-0.2, -0.15) is 5.10 Å². The summed E-state index contributed by atoms with van der Waals surface area (Å²) in [5.41, 5.74) is 2.47. The summed E-state index contributed by atoms with van der Waals surface area (Å²) < 4.78 is 2.11. The maximum Gasteiger partial charge on any atom is 0.0596 e. The van der Waals surface area contributed by atoms with Crippen LogP contribution in [0.4, 0.5) is 0 Å². The van der Waals surface area contributed by atoms with Gasteiger partial charge in [-0.15, -0.1) is 0 Å². The molecule has 0 saturated carbocycles. The minimum absolute atomic E-state index is 0.548. The molecule has 3 nitrogen and oxygen atoms in total. The van der Waals surface area contributed by atoms with E-state index in [1.165, 1.54) is 5.69 Å². The van der Waals surface area contributed by atoms with Gasteiger partial charge in [0.15, 0.2) is 0 Å². The smallest absolute Gasteiger partial charge is 0.0596 e. The number of hydrogen-bond donors (Lipinski definition) is 1. The van der Waals surface area contributed by atoms with E-state index in [0.29, 0.717) is 12.0 Å². The predicted molar refractivity (Wildman–Crippen MR) is 68.6 cm³/mol. The van der Waals surface area contributed by atoms with Crippen molar-refractivity contribution in [2.75, 3.05) is 6.54 Å². The van der Waals surface area contributed by atoms with Gasteiger partial charge >= 0.3 is 0 Å². The summed E-state index contributed by atoms with van der Waals surface area (Å²) in [5, 5.41) is 8.04. The number of rotatable bonds is 6. The van der Waals surface area contributed by atoms with Crippen molar-refractivity contribution >= 4 is 0 Å². The zero-order valence-corrected chi connectivity index (χ0v) is 11.2. The van der Waals surface area contributed by atoms with Gasteiger partial charge in [0.2, 0.25) is 0 Å². The highest BCUT2D eigenvalue weighted by atomic mass is 15.3. The zero-order valence-electron chi connectivity index (χ0n) is 11.2. The van der Waals surface area contributed by atoms with Gasteiger partial charge in [-0.25, -0.2) is 0 Å². The molecule has 0 aromatic carbocycles. The van der Waals surface area contributed by atoms with Crippen molar-refractivity contribution in [1.29, 1.82) is 0 Å². The highest BCUT2D eigenvalue weighted by Crippen LogP contribution is 2.12. The first-order chi connectivity index (χ1) is 7.58. The summed E-state index contributed by atoms with van der Waals surface area (Å²) in [6, 6.07) is 2.75. The first-order valence-corrected chi connectivity index (χ1v) is 6.35. The Hall–Kier alpha value is -0.830. The molecule has 0 aliphatic heterocycles. The Labute approximate surface area is 99.2 Å². The van der Waals surface area contributed by atoms with Crippen molar-refractivity contribution in [2.24, 2.45) is 5.92 Å². The largest absolute Gasteiger partial charge is 0.314 e. The van der Waals surface area contributed by atoms with Crippen LogP contribution in [0.3, 0.4) is 0 Å². The lowest BCUT2D eigenvalue weighted by molar-refractivity contribution is 0.395. The SMILES string of the molecule is CCNC(Cc1cc(C)nn1CC)C(C)C. The van der Waals surface area contributed by atoms with Crippen LogP contribution < -0.4 is 5.32 Å². The van der Waals surface area contributed by atoms with Crippen LogP contribution in [-0.2, 0) is 13.0 Å². The lowest BCUT2D eigenvalue weighted by Crippen LogP contribution is -2.36. The van der Waals surface area contributed by atoms with Gasteiger partial charge < -0.3 is 5.32 Å². The molecule has 3 heteroatoms. The first-order valence-electron chi connectivity index (χ1n) is 6.35. The maximum atomic E-state index is 4.49. The molecule has 0 amide bonds. The fourth-order valence-corrected chi connectivity index (χ4v) is 2.07. The number of likely N-dealkylation sites (N-methyl/N-ethyl adjacent to an activating group) is 1. The summed E-state index contributed by atoms with van der Waals surface area (Å²) in [5.74, 6) is 0.653. The summed E-state index contributed by atoms with van der Waals surface area (Å²) in [7, 11) is 0. The van der Waals surface area contributed by atoms with Gasteiger partial charge in [0.05, 0.1) is 5.69 Å². The molecule has 1 heterocycles. The third kappa shape index (κ3) is 3.34. The summed E-state index contributed by atoms with van der Waals surface area (Å²) in [6.07, 6.45) is 1.07. The van der Waals surface area contributed by atoms with Gasteiger partial charge in [0.1, 0.15) is 0 Å². The Balaban J connectivity index is 2.75. The van der Waals surface area contributed by atoms with E-state index in [2.05, 4.69) is 55.8 Å². The van der Waals surface area contributed by atoms with Gasteiger partial charge in [0.25, 0.3) is 0 Å².